The fourth-order valence-electron chi connectivity index (χ4n) is 2.02. The Morgan fingerprint density at radius 1 is 1.58 bits per heavy atom. The van der Waals surface area contributed by atoms with E-state index >= 15 is 0 Å². The average Bonchev–Trinajstić information content (AvgIpc) is 2.84. The summed E-state index contributed by atoms with van der Waals surface area (Å²) in [4.78, 5) is 9.77. The summed E-state index contributed by atoms with van der Waals surface area (Å²) >= 11 is 1.62. The van der Waals surface area contributed by atoms with Crippen molar-refractivity contribution < 1.29 is 0 Å². The summed E-state index contributed by atoms with van der Waals surface area (Å²) in [6, 6.07) is 0. The molecule has 0 saturated heterocycles. The van der Waals surface area contributed by atoms with Gasteiger partial charge in [-0.1, -0.05) is 6.42 Å². The minimum Gasteiger partial charge on any atom is -0.370 e. The zero-order valence-electron chi connectivity index (χ0n) is 10.6. The van der Waals surface area contributed by atoms with Crippen molar-refractivity contribution in [2.45, 2.75) is 25.8 Å². The van der Waals surface area contributed by atoms with Gasteiger partial charge >= 0.3 is 0 Å². The lowest BCUT2D eigenvalue weighted by Crippen LogP contribution is -2.37. The molecule has 0 radical (unpaired) electrons. The second kappa shape index (κ2) is 6.56. The minimum absolute atomic E-state index is 0. The van der Waals surface area contributed by atoms with E-state index in [1.54, 1.807) is 11.3 Å². The summed E-state index contributed by atoms with van der Waals surface area (Å²) < 4.78 is 2.01. The van der Waals surface area contributed by atoms with Crippen LogP contribution in [0.1, 0.15) is 25.0 Å². The molecule has 0 spiro atoms. The van der Waals surface area contributed by atoms with Gasteiger partial charge in [-0.05, 0) is 18.8 Å². The van der Waals surface area contributed by atoms with Gasteiger partial charge in [0.05, 0.1) is 12.2 Å². The van der Waals surface area contributed by atoms with Gasteiger partial charge < -0.3 is 11.1 Å². The van der Waals surface area contributed by atoms with Crippen LogP contribution in [-0.2, 0) is 6.54 Å². The third-order valence-corrected chi connectivity index (χ3v) is 4.12. The van der Waals surface area contributed by atoms with Crippen LogP contribution in [0.25, 0.3) is 4.96 Å². The van der Waals surface area contributed by atoms with Gasteiger partial charge in [0.2, 0.25) is 0 Å². The van der Waals surface area contributed by atoms with Gasteiger partial charge in [-0.25, -0.2) is 9.98 Å². The largest absolute Gasteiger partial charge is 0.370 e. The van der Waals surface area contributed by atoms with Gasteiger partial charge in [-0.15, -0.1) is 35.3 Å². The lowest BCUT2D eigenvalue weighted by atomic mass is 9.85. The number of fused-ring (bicyclic) bond motifs is 1. The van der Waals surface area contributed by atoms with E-state index in [2.05, 4.69) is 15.3 Å². The van der Waals surface area contributed by atoms with Gasteiger partial charge in [0.25, 0.3) is 0 Å². The number of rotatable bonds is 4. The standard InChI is InChI=1S/C12H17N5S.HI/c13-11(14-6-9-2-1-3-9)15-7-10-8-17-4-5-18-12(17)16-10;/h4-5,8-9H,1-3,6-7H2,(H3,13,14,15);1H. The van der Waals surface area contributed by atoms with Crippen molar-refractivity contribution in [3.05, 3.63) is 23.5 Å². The minimum atomic E-state index is 0. The molecule has 0 aromatic carbocycles. The number of nitrogens with one attached hydrogen (secondary N) is 1. The van der Waals surface area contributed by atoms with E-state index < -0.39 is 0 Å². The number of hydrogen-bond donors (Lipinski definition) is 2. The molecule has 1 saturated carbocycles. The number of thiazole rings is 1. The molecule has 2 aromatic heterocycles. The van der Waals surface area contributed by atoms with Crippen molar-refractivity contribution in [2.24, 2.45) is 16.6 Å². The molecule has 2 heterocycles. The smallest absolute Gasteiger partial charge is 0.193 e. The molecule has 2 aromatic rings. The normalized spacial score (nSPS) is 16.1. The summed E-state index contributed by atoms with van der Waals surface area (Å²) in [5.74, 6) is 1.31. The van der Waals surface area contributed by atoms with Crippen molar-refractivity contribution >= 4 is 46.2 Å². The van der Waals surface area contributed by atoms with Crippen LogP contribution < -0.4 is 11.1 Å². The molecular formula is C12H18IN5S. The zero-order chi connectivity index (χ0) is 12.4. The third kappa shape index (κ3) is 3.59. The van der Waals surface area contributed by atoms with Gasteiger partial charge in [-0.3, -0.25) is 4.40 Å². The van der Waals surface area contributed by atoms with Crippen molar-refractivity contribution in [1.29, 1.82) is 0 Å². The quantitative estimate of drug-likeness (QED) is 0.477. The van der Waals surface area contributed by atoms with E-state index in [0.29, 0.717) is 12.5 Å². The van der Waals surface area contributed by atoms with E-state index in [1.807, 2.05) is 22.2 Å². The van der Waals surface area contributed by atoms with Crippen LogP contribution in [0.3, 0.4) is 0 Å². The predicted molar refractivity (Wildman–Crippen MR) is 89.2 cm³/mol. The van der Waals surface area contributed by atoms with Crippen molar-refractivity contribution in [2.75, 3.05) is 6.54 Å². The molecule has 0 amide bonds. The van der Waals surface area contributed by atoms with E-state index in [0.717, 1.165) is 23.1 Å². The Morgan fingerprint density at radius 3 is 3.11 bits per heavy atom. The number of guanidine groups is 1. The summed E-state index contributed by atoms with van der Waals surface area (Å²) in [5.41, 5.74) is 6.78. The van der Waals surface area contributed by atoms with Gasteiger partial charge in [0.15, 0.2) is 10.9 Å². The molecule has 0 unspecified atom stereocenters. The zero-order valence-corrected chi connectivity index (χ0v) is 13.7. The highest BCUT2D eigenvalue weighted by Gasteiger charge is 2.16. The Hall–Kier alpha value is -0.830. The maximum absolute atomic E-state index is 5.83. The van der Waals surface area contributed by atoms with Gasteiger partial charge in [-0.2, -0.15) is 0 Å². The Bertz CT molecular complexity index is 529. The molecule has 1 fully saturated rings. The number of aliphatic imine (C=N–C) groups is 1. The van der Waals surface area contributed by atoms with Crippen LogP contribution in [0.4, 0.5) is 0 Å². The van der Waals surface area contributed by atoms with Crippen LogP contribution in [-0.4, -0.2) is 21.9 Å². The highest BCUT2D eigenvalue weighted by atomic mass is 127. The predicted octanol–water partition coefficient (Wildman–Crippen LogP) is 2.22. The second-order valence-electron chi connectivity index (χ2n) is 4.70. The fourth-order valence-corrected chi connectivity index (χ4v) is 2.74. The van der Waals surface area contributed by atoms with E-state index in [9.17, 15) is 0 Å². The molecular weight excluding hydrogens is 373 g/mol. The molecule has 3 N–H and O–H groups in total. The first kappa shape index (κ1) is 14.6. The first-order chi connectivity index (χ1) is 8.81. The highest BCUT2D eigenvalue weighted by Crippen LogP contribution is 2.24. The van der Waals surface area contributed by atoms with Gasteiger partial charge in [0, 0.05) is 24.3 Å². The summed E-state index contributed by atoms with van der Waals surface area (Å²) in [5, 5.41) is 5.20. The molecule has 3 rings (SSSR count). The number of hydrogen-bond acceptors (Lipinski definition) is 3. The maximum atomic E-state index is 5.83. The lowest BCUT2D eigenvalue weighted by Gasteiger charge is -2.25. The molecule has 104 valence electrons. The fraction of sp³-hybridized carbons (Fsp3) is 0.500. The number of nitrogens with two attached hydrogens (primary N) is 1. The average molecular weight is 391 g/mol. The maximum Gasteiger partial charge on any atom is 0.193 e. The topological polar surface area (TPSA) is 67.7 Å². The number of nitrogens with zero attached hydrogens (tertiary/aromatic N) is 3. The SMILES string of the molecule is I.NC(=NCc1cn2ccsc2n1)NCC1CCC1. The molecule has 5 nitrogen and oxygen atoms in total. The first-order valence-electron chi connectivity index (χ1n) is 6.26. The molecule has 19 heavy (non-hydrogen) atoms. The van der Waals surface area contributed by atoms with E-state index in [1.165, 1.54) is 19.3 Å². The van der Waals surface area contributed by atoms with Crippen LogP contribution in [0.5, 0.6) is 0 Å². The molecule has 0 aliphatic heterocycles. The van der Waals surface area contributed by atoms with Gasteiger partial charge in [0.1, 0.15) is 0 Å². The molecule has 7 heteroatoms. The number of aromatic nitrogens is 2. The summed E-state index contributed by atoms with van der Waals surface area (Å²) in [6.45, 7) is 1.49. The molecule has 0 atom stereocenters. The Morgan fingerprint density at radius 2 is 2.42 bits per heavy atom. The summed E-state index contributed by atoms with van der Waals surface area (Å²) in [6.07, 6.45) is 7.98. The first-order valence-corrected chi connectivity index (χ1v) is 7.14. The second-order valence-corrected chi connectivity index (χ2v) is 5.58. The molecule has 0 bridgehead atoms. The highest BCUT2D eigenvalue weighted by molar-refractivity contribution is 14.0. The van der Waals surface area contributed by atoms with Crippen LogP contribution in [0.2, 0.25) is 0 Å². The van der Waals surface area contributed by atoms with Crippen molar-refractivity contribution in [1.82, 2.24) is 14.7 Å². The number of imidazole rings is 1. The third-order valence-electron chi connectivity index (χ3n) is 3.35. The van der Waals surface area contributed by atoms with Crippen molar-refractivity contribution in [3.8, 4) is 0 Å². The van der Waals surface area contributed by atoms with Crippen LogP contribution in [0, 0.1) is 5.92 Å². The molecule has 1 aliphatic carbocycles. The Labute approximate surface area is 133 Å². The van der Waals surface area contributed by atoms with E-state index in [-0.39, 0.29) is 24.0 Å². The summed E-state index contributed by atoms with van der Waals surface area (Å²) in [7, 11) is 0. The van der Waals surface area contributed by atoms with Crippen LogP contribution >= 0.6 is 35.3 Å². The lowest BCUT2D eigenvalue weighted by molar-refractivity contribution is 0.315. The van der Waals surface area contributed by atoms with E-state index in [4.69, 9.17) is 5.73 Å². The van der Waals surface area contributed by atoms with Crippen molar-refractivity contribution in [3.63, 3.8) is 0 Å². The van der Waals surface area contributed by atoms with Crippen LogP contribution in [0.15, 0.2) is 22.8 Å². The monoisotopic (exact) mass is 391 g/mol. The number of halogens is 1. The Balaban J connectivity index is 0.00000133. The molecule has 1 aliphatic rings. The Kier molecular flexibility index (Phi) is 5.03.